The lowest BCUT2D eigenvalue weighted by molar-refractivity contribution is -0.139. The van der Waals surface area contributed by atoms with Crippen LogP contribution in [0.5, 0.6) is 0 Å². The molecule has 4 N–H and O–H groups in total. The number of carboxylic acid groups (broad SMARTS) is 1. The number of aliphatic hydroxyl groups excluding tert-OH is 1. The van der Waals surface area contributed by atoms with Crippen LogP contribution in [0, 0.1) is 11.3 Å². The van der Waals surface area contributed by atoms with Crippen LogP contribution in [-0.4, -0.2) is 28.8 Å². The van der Waals surface area contributed by atoms with E-state index in [4.69, 9.17) is 21.2 Å². The third-order valence-electron chi connectivity index (χ3n) is 0.772. The highest BCUT2D eigenvalue weighted by atomic mass is 16.4. The molecule has 0 rings (SSSR count). The highest BCUT2D eigenvalue weighted by molar-refractivity contribution is 5.73. The summed E-state index contributed by atoms with van der Waals surface area (Å²) in [6.07, 6.45) is 4.46. The van der Waals surface area contributed by atoms with Crippen molar-refractivity contribution in [2.24, 2.45) is 5.73 Å². The number of aliphatic carboxylic acids is 1. The molecular weight excluding hydrogens is 196 g/mol. The minimum atomic E-state index is -1.18. The number of allylic oxidation sites excluding steroid dienone is 3. The molecule has 0 fully saturated rings. The molecule has 0 amide bonds. The van der Waals surface area contributed by atoms with Crippen molar-refractivity contribution in [1.29, 1.82) is 5.26 Å². The monoisotopic (exact) mass is 212 g/mol. The first-order valence-corrected chi connectivity index (χ1v) is 3.84. The summed E-state index contributed by atoms with van der Waals surface area (Å²) in [5.41, 5.74) is 4.77. The van der Waals surface area contributed by atoms with Gasteiger partial charge in [0.1, 0.15) is 6.04 Å². The van der Waals surface area contributed by atoms with E-state index in [9.17, 15) is 4.79 Å². The predicted molar refractivity (Wildman–Crippen MR) is 58.9 cm³/mol. The maximum Gasteiger partial charge on any atom is 0.322 e. The first kappa shape index (κ1) is 18.8. The summed E-state index contributed by atoms with van der Waals surface area (Å²) in [6.45, 7) is 9.34. The quantitative estimate of drug-likeness (QED) is 0.465. The second kappa shape index (κ2) is 18.0. The second-order valence-corrected chi connectivity index (χ2v) is 1.93. The maximum atomic E-state index is 9.65. The van der Waals surface area contributed by atoms with Gasteiger partial charge < -0.3 is 15.9 Å². The Kier molecular flexibility index (Phi) is 22.6. The van der Waals surface area contributed by atoms with Crippen molar-refractivity contribution in [3.05, 3.63) is 38.0 Å². The molecule has 0 spiro atoms. The van der Waals surface area contributed by atoms with Gasteiger partial charge in [0, 0.05) is 6.08 Å². The molecule has 0 saturated carbocycles. The number of rotatable bonds is 3. The van der Waals surface area contributed by atoms with Gasteiger partial charge in [-0.2, -0.15) is 5.26 Å². The average molecular weight is 212 g/mol. The van der Waals surface area contributed by atoms with E-state index in [1.54, 1.807) is 18.2 Å². The fourth-order valence-electron chi connectivity index (χ4n) is 0.0781. The number of carbonyl (C=O) groups is 1. The van der Waals surface area contributed by atoms with Crippen LogP contribution in [0.2, 0.25) is 0 Å². The van der Waals surface area contributed by atoms with E-state index in [2.05, 4.69) is 19.7 Å². The Hall–Kier alpha value is -1.90. The molecule has 0 saturated heterocycles. The zero-order valence-electron chi connectivity index (χ0n) is 8.47. The van der Waals surface area contributed by atoms with Gasteiger partial charge in [-0.15, -0.1) is 0 Å². The van der Waals surface area contributed by atoms with Gasteiger partial charge in [0.05, 0.1) is 12.7 Å². The van der Waals surface area contributed by atoms with Crippen molar-refractivity contribution in [3.8, 4) is 6.07 Å². The number of nitriles is 1. The topological polar surface area (TPSA) is 107 Å². The van der Waals surface area contributed by atoms with Gasteiger partial charge in [-0.25, -0.2) is 0 Å². The van der Waals surface area contributed by atoms with Crippen molar-refractivity contribution in [2.45, 2.75) is 6.04 Å². The van der Waals surface area contributed by atoms with Crippen molar-refractivity contribution < 1.29 is 15.0 Å². The molecule has 0 aromatic heterocycles. The van der Waals surface area contributed by atoms with E-state index in [1.165, 1.54) is 6.08 Å². The molecule has 0 aliphatic carbocycles. The summed E-state index contributed by atoms with van der Waals surface area (Å²) >= 11 is 0. The SMILES string of the molecule is C=CC#N.C=CC=C.N[C@@H](CO)C(=O)O. The van der Waals surface area contributed by atoms with Gasteiger partial charge >= 0.3 is 5.97 Å². The number of carboxylic acids is 1. The molecule has 0 bridgehead atoms. The molecule has 0 unspecified atom stereocenters. The van der Waals surface area contributed by atoms with Gasteiger partial charge in [-0.05, 0) is 0 Å². The molecule has 84 valence electrons. The Balaban J connectivity index is -0.000000155. The van der Waals surface area contributed by atoms with E-state index in [1.807, 2.05) is 0 Å². The lowest BCUT2D eigenvalue weighted by Crippen LogP contribution is -2.33. The van der Waals surface area contributed by atoms with Crippen LogP contribution in [-0.2, 0) is 4.79 Å². The molecule has 1 atom stereocenters. The minimum absolute atomic E-state index is 0.505. The summed E-state index contributed by atoms with van der Waals surface area (Å²) in [7, 11) is 0. The molecular formula is C10H16N2O3. The van der Waals surface area contributed by atoms with Crippen molar-refractivity contribution in [1.82, 2.24) is 0 Å². The van der Waals surface area contributed by atoms with Crippen LogP contribution in [0.1, 0.15) is 0 Å². The lowest BCUT2D eigenvalue weighted by atomic mass is 10.3. The van der Waals surface area contributed by atoms with Crippen LogP contribution in [0.3, 0.4) is 0 Å². The van der Waals surface area contributed by atoms with Crippen LogP contribution >= 0.6 is 0 Å². The zero-order chi connectivity index (χ0) is 12.7. The van der Waals surface area contributed by atoms with Crippen molar-refractivity contribution in [3.63, 3.8) is 0 Å². The van der Waals surface area contributed by atoms with E-state index in [-0.39, 0.29) is 0 Å². The smallest absolute Gasteiger partial charge is 0.322 e. The van der Waals surface area contributed by atoms with Gasteiger partial charge in [-0.3, -0.25) is 4.79 Å². The van der Waals surface area contributed by atoms with Gasteiger partial charge in [0.25, 0.3) is 0 Å². The van der Waals surface area contributed by atoms with Gasteiger partial charge in [-0.1, -0.05) is 31.9 Å². The van der Waals surface area contributed by atoms with Gasteiger partial charge in [0.2, 0.25) is 0 Å². The summed E-state index contributed by atoms with van der Waals surface area (Å²) in [4.78, 5) is 9.65. The highest BCUT2D eigenvalue weighted by Gasteiger charge is 2.06. The number of hydrogen-bond donors (Lipinski definition) is 3. The molecule has 0 aliphatic heterocycles. The Morgan fingerprint density at radius 1 is 1.47 bits per heavy atom. The van der Waals surface area contributed by atoms with Crippen LogP contribution in [0.4, 0.5) is 0 Å². The lowest BCUT2D eigenvalue weighted by Gasteiger charge is -1.96. The standard InChI is InChI=1S/C4H6.C3H7NO3.C3H3N/c1-3-4-2;4-2(1-5)3(6)7;1-2-3-4/h3-4H,1-2H2;2,5H,1,4H2,(H,6,7);2H,1H2/t;2-;/m.0./s1. The molecule has 15 heavy (non-hydrogen) atoms. The zero-order valence-corrected chi connectivity index (χ0v) is 8.47. The maximum absolute atomic E-state index is 9.65. The van der Waals surface area contributed by atoms with Crippen LogP contribution < -0.4 is 5.73 Å². The fourth-order valence-corrected chi connectivity index (χ4v) is 0.0781. The summed E-state index contributed by atoms with van der Waals surface area (Å²) in [5, 5.41) is 23.4. The summed E-state index contributed by atoms with van der Waals surface area (Å²) in [6, 6.07) is 0.569. The molecule has 0 aromatic carbocycles. The molecule has 0 heterocycles. The van der Waals surface area contributed by atoms with E-state index in [0.29, 0.717) is 0 Å². The fraction of sp³-hybridized carbons (Fsp3) is 0.200. The third-order valence-corrected chi connectivity index (χ3v) is 0.772. The Labute approximate surface area is 89.4 Å². The number of nitrogens with zero attached hydrogens (tertiary/aromatic N) is 1. The van der Waals surface area contributed by atoms with E-state index >= 15 is 0 Å². The first-order valence-electron chi connectivity index (χ1n) is 3.84. The molecule has 5 nitrogen and oxygen atoms in total. The Morgan fingerprint density at radius 2 is 1.80 bits per heavy atom. The number of nitrogens with two attached hydrogens (primary N) is 1. The average Bonchev–Trinajstić information content (AvgIpc) is 2.28. The predicted octanol–water partition coefficient (Wildman–Crippen LogP) is 0.445. The largest absolute Gasteiger partial charge is 0.480 e. The first-order chi connectivity index (χ1) is 7.01. The van der Waals surface area contributed by atoms with Crippen molar-refractivity contribution in [2.75, 3.05) is 6.61 Å². The van der Waals surface area contributed by atoms with Gasteiger partial charge in [0.15, 0.2) is 0 Å². The van der Waals surface area contributed by atoms with E-state index in [0.717, 1.165) is 0 Å². The minimum Gasteiger partial charge on any atom is -0.480 e. The summed E-state index contributed by atoms with van der Waals surface area (Å²) < 4.78 is 0. The van der Waals surface area contributed by atoms with Crippen LogP contribution in [0.15, 0.2) is 38.0 Å². The van der Waals surface area contributed by atoms with Crippen LogP contribution in [0.25, 0.3) is 0 Å². The number of hydrogen-bond acceptors (Lipinski definition) is 4. The second-order valence-electron chi connectivity index (χ2n) is 1.93. The Morgan fingerprint density at radius 3 is 1.80 bits per heavy atom. The Bertz CT molecular complexity index is 225. The molecule has 5 heteroatoms. The highest BCUT2D eigenvalue weighted by Crippen LogP contribution is 1.71. The molecule has 0 aromatic rings. The normalized spacial score (nSPS) is 8.60. The summed E-state index contributed by atoms with van der Waals surface area (Å²) in [5.74, 6) is -1.18. The third kappa shape index (κ3) is 33.2. The number of aliphatic hydroxyl groups is 1. The van der Waals surface area contributed by atoms with Crippen molar-refractivity contribution >= 4 is 5.97 Å². The van der Waals surface area contributed by atoms with E-state index < -0.39 is 18.6 Å². The molecule has 0 radical (unpaired) electrons. The molecule has 0 aliphatic rings.